The van der Waals surface area contributed by atoms with E-state index >= 15 is 0 Å². The van der Waals surface area contributed by atoms with E-state index in [0.29, 0.717) is 31.0 Å². The predicted molar refractivity (Wildman–Crippen MR) is 137 cm³/mol. The van der Waals surface area contributed by atoms with Crippen LogP contribution < -0.4 is 15.0 Å². The lowest BCUT2D eigenvalue weighted by Gasteiger charge is -2.37. The van der Waals surface area contributed by atoms with Crippen LogP contribution in [0.1, 0.15) is 44.2 Å². The number of methoxy groups -OCH3 is 1. The Bertz CT molecular complexity index is 1140. The number of carbonyl (C=O) groups excluding carboxylic acids is 1. The molecule has 0 saturated carbocycles. The van der Waals surface area contributed by atoms with Gasteiger partial charge in [-0.2, -0.15) is 4.98 Å². The van der Waals surface area contributed by atoms with E-state index < -0.39 is 0 Å². The number of hydrogen-bond acceptors (Lipinski definition) is 7. The van der Waals surface area contributed by atoms with Crippen molar-refractivity contribution in [2.24, 2.45) is 0 Å². The van der Waals surface area contributed by atoms with Gasteiger partial charge in [0.2, 0.25) is 17.6 Å². The molecule has 0 radical (unpaired) electrons. The molecular formula is C27H34FN5O3. The molecule has 1 aliphatic heterocycles. The number of ether oxygens (including phenoxy) is 1. The van der Waals surface area contributed by atoms with Crippen molar-refractivity contribution in [3.63, 3.8) is 0 Å². The van der Waals surface area contributed by atoms with Crippen LogP contribution in [0.4, 0.5) is 10.1 Å². The summed E-state index contributed by atoms with van der Waals surface area (Å²) in [6, 6.07) is 12.0. The number of aryl methyl sites for hydroxylation is 1. The third kappa shape index (κ3) is 6.40. The van der Waals surface area contributed by atoms with Crippen molar-refractivity contribution in [2.45, 2.75) is 39.2 Å². The lowest BCUT2D eigenvalue weighted by Crippen LogP contribution is -2.46. The average Bonchev–Trinajstić information content (AvgIpc) is 3.37. The van der Waals surface area contributed by atoms with Crippen molar-refractivity contribution in [2.75, 3.05) is 44.7 Å². The average molecular weight is 496 g/mol. The molecular weight excluding hydrogens is 461 g/mol. The quantitative estimate of drug-likeness (QED) is 0.451. The van der Waals surface area contributed by atoms with Gasteiger partial charge in [0, 0.05) is 55.8 Å². The molecule has 1 saturated heterocycles. The SMILES string of the molecule is CCN1CCN(c2ccc(F)cc2C(C)NC(=O)CCCc2nc(-c3ccc(OC)cc3)no2)CC1. The molecule has 8 nitrogen and oxygen atoms in total. The molecule has 1 fully saturated rings. The van der Waals surface area contributed by atoms with E-state index in [1.165, 1.54) is 12.1 Å². The molecule has 1 amide bonds. The normalized spacial score (nSPS) is 15.1. The van der Waals surface area contributed by atoms with Gasteiger partial charge >= 0.3 is 0 Å². The number of rotatable bonds is 10. The van der Waals surface area contributed by atoms with Gasteiger partial charge < -0.3 is 24.4 Å². The number of anilines is 1. The van der Waals surface area contributed by atoms with Gasteiger partial charge in [0.25, 0.3) is 0 Å². The third-order valence-electron chi connectivity index (χ3n) is 6.60. The van der Waals surface area contributed by atoms with Crippen LogP contribution in [0, 0.1) is 5.82 Å². The summed E-state index contributed by atoms with van der Waals surface area (Å²) in [5, 5.41) is 7.06. The van der Waals surface area contributed by atoms with Gasteiger partial charge in [0.15, 0.2) is 0 Å². The predicted octanol–water partition coefficient (Wildman–Crippen LogP) is 4.23. The van der Waals surface area contributed by atoms with E-state index in [4.69, 9.17) is 9.26 Å². The van der Waals surface area contributed by atoms with E-state index in [-0.39, 0.29) is 17.8 Å². The molecule has 2 heterocycles. The number of piperazine rings is 1. The first-order valence-electron chi connectivity index (χ1n) is 12.5. The van der Waals surface area contributed by atoms with Crippen molar-refractivity contribution >= 4 is 11.6 Å². The summed E-state index contributed by atoms with van der Waals surface area (Å²) in [5.41, 5.74) is 2.62. The summed E-state index contributed by atoms with van der Waals surface area (Å²) in [6.07, 6.45) is 1.38. The minimum Gasteiger partial charge on any atom is -0.497 e. The minimum atomic E-state index is -0.308. The maximum atomic E-state index is 14.1. The zero-order chi connectivity index (χ0) is 25.5. The zero-order valence-electron chi connectivity index (χ0n) is 21.2. The highest BCUT2D eigenvalue weighted by Gasteiger charge is 2.22. The van der Waals surface area contributed by atoms with Crippen LogP contribution in [-0.2, 0) is 11.2 Å². The van der Waals surface area contributed by atoms with Crippen LogP contribution in [0.5, 0.6) is 5.75 Å². The van der Waals surface area contributed by atoms with Crippen molar-refractivity contribution in [3.8, 4) is 17.1 Å². The maximum absolute atomic E-state index is 14.1. The standard InChI is InChI=1S/C27H34FN5O3/c1-4-32-14-16-33(17-15-32)24-13-10-21(28)18-23(24)19(2)29-25(34)6-5-7-26-30-27(31-36-26)20-8-11-22(35-3)12-9-20/h8-13,18-19H,4-7,14-17H2,1-3H3,(H,29,34). The lowest BCUT2D eigenvalue weighted by molar-refractivity contribution is -0.121. The molecule has 2 aromatic carbocycles. The van der Waals surface area contributed by atoms with Gasteiger partial charge in [-0.3, -0.25) is 4.79 Å². The van der Waals surface area contributed by atoms with Crippen LogP contribution in [0.3, 0.4) is 0 Å². The van der Waals surface area contributed by atoms with Crippen LogP contribution >= 0.6 is 0 Å². The topological polar surface area (TPSA) is 83.7 Å². The largest absolute Gasteiger partial charge is 0.497 e. The van der Waals surface area contributed by atoms with Crippen LogP contribution in [0.2, 0.25) is 0 Å². The van der Waals surface area contributed by atoms with E-state index in [1.54, 1.807) is 7.11 Å². The highest BCUT2D eigenvalue weighted by Crippen LogP contribution is 2.28. The Kier molecular flexibility index (Phi) is 8.53. The number of likely N-dealkylation sites (N-methyl/N-ethyl adjacent to an activating group) is 1. The van der Waals surface area contributed by atoms with Crippen LogP contribution in [0.25, 0.3) is 11.4 Å². The Hall–Kier alpha value is -3.46. The van der Waals surface area contributed by atoms with Gasteiger partial charge in [0.05, 0.1) is 13.2 Å². The molecule has 1 aromatic heterocycles. The highest BCUT2D eigenvalue weighted by molar-refractivity contribution is 5.76. The Morgan fingerprint density at radius 3 is 2.61 bits per heavy atom. The maximum Gasteiger partial charge on any atom is 0.226 e. The second-order valence-corrected chi connectivity index (χ2v) is 9.01. The van der Waals surface area contributed by atoms with Crippen molar-refractivity contribution in [3.05, 3.63) is 59.7 Å². The minimum absolute atomic E-state index is 0.0941. The number of nitrogens with zero attached hydrogens (tertiary/aromatic N) is 4. The van der Waals surface area contributed by atoms with E-state index in [9.17, 15) is 9.18 Å². The molecule has 192 valence electrons. The van der Waals surface area contributed by atoms with Gasteiger partial charge in [-0.15, -0.1) is 0 Å². The summed E-state index contributed by atoms with van der Waals surface area (Å²) in [4.78, 5) is 21.8. The van der Waals surface area contributed by atoms with Gasteiger partial charge in [0.1, 0.15) is 11.6 Å². The van der Waals surface area contributed by atoms with E-state index in [1.807, 2.05) is 37.3 Å². The summed E-state index contributed by atoms with van der Waals surface area (Å²) in [7, 11) is 1.62. The molecule has 1 aliphatic rings. The molecule has 9 heteroatoms. The molecule has 0 aliphatic carbocycles. The smallest absolute Gasteiger partial charge is 0.226 e. The second-order valence-electron chi connectivity index (χ2n) is 9.01. The first kappa shape index (κ1) is 25.6. The Labute approximate surface area is 211 Å². The summed E-state index contributed by atoms with van der Waals surface area (Å²) in [5.74, 6) is 1.35. The first-order valence-corrected chi connectivity index (χ1v) is 12.5. The number of hydrogen-bond donors (Lipinski definition) is 1. The third-order valence-corrected chi connectivity index (χ3v) is 6.60. The number of halogens is 1. The second kappa shape index (κ2) is 12.0. The summed E-state index contributed by atoms with van der Waals surface area (Å²) in [6.45, 7) is 8.81. The Morgan fingerprint density at radius 1 is 1.17 bits per heavy atom. The summed E-state index contributed by atoms with van der Waals surface area (Å²) >= 11 is 0. The molecule has 3 aromatic rings. The number of benzene rings is 2. The molecule has 0 bridgehead atoms. The fourth-order valence-corrected chi connectivity index (χ4v) is 4.47. The number of aromatic nitrogens is 2. The van der Waals surface area contributed by atoms with Gasteiger partial charge in [-0.05, 0) is 62.4 Å². The Balaban J connectivity index is 1.30. The first-order chi connectivity index (χ1) is 17.5. The molecule has 4 rings (SSSR count). The lowest BCUT2D eigenvalue weighted by atomic mass is 10.0. The molecule has 36 heavy (non-hydrogen) atoms. The zero-order valence-corrected chi connectivity index (χ0v) is 21.2. The fraction of sp³-hybridized carbons (Fsp3) is 0.444. The van der Waals surface area contributed by atoms with Crippen molar-refractivity contribution < 1.29 is 18.4 Å². The van der Waals surface area contributed by atoms with E-state index in [2.05, 4.69) is 32.2 Å². The molecule has 1 unspecified atom stereocenters. The summed E-state index contributed by atoms with van der Waals surface area (Å²) < 4.78 is 24.6. The molecule has 1 atom stereocenters. The van der Waals surface area contributed by atoms with Gasteiger partial charge in [-0.1, -0.05) is 12.1 Å². The van der Waals surface area contributed by atoms with Gasteiger partial charge in [-0.25, -0.2) is 4.39 Å². The van der Waals surface area contributed by atoms with Crippen molar-refractivity contribution in [1.82, 2.24) is 20.4 Å². The number of carbonyl (C=O) groups is 1. The Morgan fingerprint density at radius 2 is 1.92 bits per heavy atom. The highest BCUT2D eigenvalue weighted by atomic mass is 19.1. The van der Waals surface area contributed by atoms with Crippen LogP contribution in [-0.4, -0.2) is 60.8 Å². The monoisotopic (exact) mass is 495 g/mol. The van der Waals surface area contributed by atoms with E-state index in [0.717, 1.165) is 55.3 Å². The number of nitrogens with one attached hydrogen (secondary N) is 1. The molecule has 0 spiro atoms. The molecule has 1 N–H and O–H groups in total. The number of amides is 1. The van der Waals surface area contributed by atoms with Crippen LogP contribution in [0.15, 0.2) is 47.0 Å². The fourth-order valence-electron chi connectivity index (χ4n) is 4.47. The van der Waals surface area contributed by atoms with Crippen molar-refractivity contribution in [1.29, 1.82) is 0 Å².